The van der Waals surface area contributed by atoms with Crippen LogP contribution in [0.15, 0.2) is 53.1 Å². The molecule has 0 bridgehead atoms. The fraction of sp³-hybridized carbons (Fsp3) is 0.150. The zero-order chi connectivity index (χ0) is 19.0. The van der Waals surface area contributed by atoms with Gasteiger partial charge >= 0.3 is 0 Å². The van der Waals surface area contributed by atoms with Gasteiger partial charge in [0.2, 0.25) is 5.82 Å². The van der Waals surface area contributed by atoms with Crippen LogP contribution in [0, 0.1) is 19.7 Å². The maximum absolute atomic E-state index is 13.2. The van der Waals surface area contributed by atoms with Crippen LogP contribution in [0.4, 0.5) is 4.39 Å². The molecule has 7 heteroatoms. The minimum atomic E-state index is -0.695. The fourth-order valence-corrected chi connectivity index (χ4v) is 2.92. The molecule has 0 aliphatic carbocycles. The van der Waals surface area contributed by atoms with Gasteiger partial charge in [0.15, 0.2) is 11.6 Å². The van der Waals surface area contributed by atoms with Gasteiger partial charge in [-0.05, 0) is 55.8 Å². The van der Waals surface area contributed by atoms with E-state index in [2.05, 4.69) is 15.2 Å². The van der Waals surface area contributed by atoms with Crippen LogP contribution < -0.4 is 0 Å². The van der Waals surface area contributed by atoms with Crippen molar-refractivity contribution in [2.75, 3.05) is 0 Å². The van der Waals surface area contributed by atoms with E-state index in [4.69, 9.17) is 4.52 Å². The average Bonchev–Trinajstić information content (AvgIpc) is 3.25. The molecule has 0 aliphatic rings. The first-order chi connectivity index (χ1) is 13.0. The molecule has 0 saturated heterocycles. The van der Waals surface area contributed by atoms with E-state index in [1.165, 1.54) is 12.1 Å². The quantitative estimate of drug-likeness (QED) is 0.590. The molecule has 0 fully saturated rings. The van der Waals surface area contributed by atoms with Crippen LogP contribution in [-0.4, -0.2) is 25.0 Å². The summed E-state index contributed by atoms with van der Waals surface area (Å²) in [6, 6.07) is 13.7. The molecular weight excluding hydrogens is 347 g/mol. The summed E-state index contributed by atoms with van der Waals surface area (Å²) < 4.78 is 20.5. The second-order valence-electron chi connectivity index (χ2n) is 6.37. The van der Waals surface area contributed by atoms with Crippen molar-refractivity contribution < 1.29 is 14.0 Å². The summed E-state index contributed by atoms with van der Waals surface area (Å²) in [7, 11) is 0. The monoisotopic (exact) mass is 364 g/mol. The first-order valence-electron chi connectivity index (χ1n) is 8.42. The number of hydrogen-bond donors (Lipinski definition) is 1. The fourth-order valence-electron chi connectivity index (χ4n) is 2.92. The topological polar surface area (TPSA) is 77.0 Å². The molecule has 0 saturated carbocycles. The summed E-state index contributed by atoms with van der Waals surface area (Å²) >= 11 is 0. The second-order valence-corrected chi connectivity index (χ2v) is 6.37. The molecule has 27 heavy (non-hydrogen) atoms. The van der Waals surface area contributed by atoms with Gasteiger partial charge in [-0.15, -0.1) is 0 Å². The molecule has 4 aromatic rings. The van der Waals surface area contributed by atoms with Crippen molar-refractivity contribution in [2.24, 2.45) is 0 Å². The van der Waals surface area contributed by atoms with Crippen LogP contribution in [0.2, 0.25) is 0 Å². The van der Waals surface area contributed by atoms with Gasteiger partial charge in [0.1, 0.15) is 0 Å². The second kappa shape index (κ2) is 6.68. The lowest BCUT2D eigenvalue weighted by atomic mass is 10.1. The summed E-state index contributed by atoms with van der Waals surface area (Å²) in [6.07, 6.45) is 0. The number of rotatable bonds is 4. The molecule has 2 aromatic heterocycles. The van der Waals surface area contributed by atoms with E-state index in [9.17, 15) is 9.50 Å². The minimum Gasteiger partial charge on any atom is -0.505 e. The lowest BCUT2D eigenvalue weighted by molar-refractivity contribution is 0.429. The number of aryl methyl sites for hydroxylation is 2. The van der Waals surface area contributed by atoms with Crippen LogP contribution in [0.25, 0.3) is 22.8 Å². The Balaban J connectivity index is 1.61. The number of aromatic nitrogens is 4. The highest BCUT2D eigenvalue weighted by molar-refractivity contribution is 5.61. The number of hydrogen-bond acceptors (Lipinski definition) is 5. The molecule has 2 heterocycles. The van der Waals surface area contributed by atoms with Gasteiger partial charge in [-0.1, -0.05) is 17.3 Å². The number of benzene rings is 2. The largest absolute Gasteiger partial charge is 0.505 e. The van der Waals surface area contributed by atoms with E-state index in [1.54, 1.807) is 0 Å². The normalized spacial score (nSPS) is 11.1. The molecule has 136 valence electrons. The summed E-state index contributed by atoms with van der Waals surface area (Å²) in [5, 5.41) is 17.9. The maximum Gasteiger partial charge on any atom is 0.258 e. The van der Waals surface area contributed by atoms with E-state index in [1.807, 2.05) is 48.9 Å². The highest BCUT2D eigenvalue weighted by Gasteiger charge is 2.13. The van der Waals surface area contributed by atoms with Crippen LogP contribution >= 0.6 is 0 Å². The zero-order valence-corrected chi connectivity index (χ0v) is 14.8. The lowest BCUT2D eigenvalue weighted by Gasteiger charge is -2.05. The standard InChI is InChI=1S/C20H17FN4O2/c1-12-8-13(2)25(23-12)11-14-4-3-5-16(9-14)20-22-19(24-27-20)15-6-7-17(21)18(26)10-15/h3-10,26H,11H2,1-2H3. The number of nitrogens with zero attached hydrogens (tertiary/aromatic N) is 4. The molecule has 0 atom stereocenters. The van der Waals surface area contributed by atoms with Crippen molar-refractivity contribution >= 4 is 0 Å². The Morgan fingerprint density at radius 3 is 2.67 bits per heavy atom. The SMILES string of the molecule is Cc1cc(C)n(Cc2cccc(-c3nc(-c4ccc(F)c(O)c4)no3)c2)n1. The summed E-state index contributed by atoms with van der Waals surface area (Å²) in [4.78, 5) is 4.36. The van der Waals surface area contributed by atoms with Gasteiger partial charge in [-0.3, -0.25) is 4.68 Å². The Morgan fingerprint density at radius 1 is 1.07 bits per heavy atom. The average molecular weight is 364 g/mol. The molecular formula is C20H17FN4O2. The third kappa shape index (κ3) is 3.44. The third-order valence-corrected chi connectivity index (χ3v) is 4.24. The van der Waals surface area contributed by atoms with Gasteiger partial charge in [0.25, 0.3) is 5.89 Å². The van der Waals surface area contributed by atoms with Gasteiger partial charge in [-0.2, -0.15) is 10.1 Å². The van der Waals surface area contributed by atoms with Gasteiger partial charge in [-0.25, -0.2) is 4.39 Å². The van der Waals surface area contributed by atoms with Crippen LogP contribution in [0.3, 0.4) is 0 Å². The molecule has 6 nitrogen and oxygen atoms in total. The van der Waals surface area contributed by atoms with E-state index in [0.717, 1.165) is 28.6 Å². The van der Waals surface area contributed by atoms with E-state index in [-0.39, 0.29) is 5.82 Å². The number of halogens is 1. The molecule has 0 radical (unpaired) electrons. The highest BCUT2D eigenvalue weighted by Crippen LogP contribution is 2.26. The predicted molar refractivity (Wildman–Crippen MR) is 97.6 cm³/mol. The minimum absolute atomic E-state index is 0.282. The molecule has 0 amide bonds. The molecule has 2 aromatic carbocycles. The van der Waals surface area contributed by atoms with E-state index in [0.29, 0.717) is 18.0 Å². The maximum atomic E-state index is 13.2. The third-order valence-electron chi connectivity index (χ3n) is 4.24. The van der Waals surface area contributed by atoms with Crippen LogP contribution in [-0.2, 0) is 6.54 Å². The number of aromatic hydroxyl groups is 1. The Labute approximate surface area is 154 Å². The van der Waals surface area contributed by atoms with E-state index < -0.39 is 11.6 Å². The van der Waals surface area contributed by atoms with Crippen molar-refractivity contribution in [3.63, 3.8) is 0 Å². The first-order valence-corrected chi connectivity index (χ1v) is 8.42. The molecule has 1 N–H and O–H groups in total. The van der Waals surface area contributed by atoms with E-state index >= 15 is 0 Å². The molecule has 4 rings (SSSR count). The van der Waals surface area contributed by atoms with Gasteiger partial charge in [0.05, 0.1) is 12.2 Å². The van der Waals surface area contributed by atoms with Crippen molar-refractivity contribution in [3.8, 4) is 28.6 Å². The first kappa shape index (κ1) is 17.0. The van der Waals surface area contributed by atoms with Gasteiger partial charge in [0, 0.05) is 16.8 Å². The van der Waals surface area contributed by atoms with Crippen molar-refractivity contribution in [1.82, 2.24) is 19.9 Å². The molecule has 0 aliphatic heterocycles. The predicted octanol–water partition coefficient (Wildman–Crippen LogP) is 4.11. The summed E-state index contributed by atoms with van der Waals surface area (Å²) in [5.41, 5.74) is 4.38. The number of phenols is 1. The van der Waals surface area contributed by atoms with Crippen molar-refractivity contribution in [1.29, 1.82) is 0 Å². The van der Waals surface area contributed by atoms with Crippen LogP contribution in [0.1, 0.15) is 17.0 Å². The van der Waals surface area contributed by atoms with Crippen molar-refractivity contribution in [2.45, 2.75) is 20.4 Å². The van der Waals surface area contributed by atoms with Crippen LogP contribution in [0.5, 0.6) is 5.75 Å². The lowest BCUT2D eigenvalue weighted by Crippen LogP contribution is -2.03. The number of phenolic OH excluding ortho intramolecular Hbond substituents is 1. The summed E-state index contributed by atoms with van der Waals surface area (Å²) in [6.45, 7) is 4.62. The Kier molecular flexibility index (Phi) is 4.19. The molecule has 0 spiro atoms. The van der Waals surface area contributed by atoms with Crippen molar-refractivity contribution in [3.05, 3.63) is 71.3 Å². The Hall–Kier alpha value is -3.48. The van der Waals surface area contributed by atoms with Gasteiger partial charge < -0.3 is 9.63 Å². The highest BCUT2D eigenvalue weighted by atomic mass is 19.1. The molecule has 0 unspecified atom stereocenters. The zero-order valence-electron chi connectivity index (χ0n) is 14.8. The Bertz CT molecular complexity index is 1120. The Morgan fingerprint density at radius 2 is 1.93 bits per heavy atom. The summed E-state index contributed by atoms with van der Waals surface area (Å²) in [5.74, 6) is -0.515. The smallest absolute Gasteiger partial charge is 0.258 e.